The lowest BCUT2D eigenvalue weighted by Crippen LogP contribution is -2.50. The van der Waals surface area contributed by atoms with Crippen LogP contribution in [0, 0.1) is 0 Å². The minimum atomic E-state index is -1.86. The van der Waals surface area contributed by atoms with Gasteiger partial charge in [-0.3, -0.25) is 9.59 Å². The van der Waals surface area contributed by atoms with Crippen LogP contribution in [0.3, 0.4) is 0 Å². The summed E-state index contributed by atoms with van der Waals surface area (Å²) in [5.41, 5.74) is 1.96. The van der Waals surface area contributed by atoms with E-state index in [0.717, 1.165) is 11.1 Å². The van der Waals surface area contributed by atoms with Gasteiger partial charge in [-0.05, 0) is 11.1 Å². The summed E-state index contributed by atoms with van der Waals surface area (Å²) in [6.07, 6.45) is -3.70. The molecule has 26 heavy (non-hydrogen) atoms. The highest BCUT2D eigenvalue weighted by molar-refractivity contribution is 5.91. The lowest BCUT2D eigenvalue weighted by Gasteiger charge is -2.23. The van der Waals surface area contributed by atoms with Gasteiger partial charge in [0.1, 0.15) is 0 Å². The van der Waals surface area contributed by atoms with Gasteiger partial charge in [0.15, 0.2) is 12.2 Å². The Bertz CT molecular complexity index is 685. The van der Waals surface area contributed by atoms with Crippen LogP contribution >= 0.6 is 0 Å². The van der Waals surface area contributed by atoms with Crippen molar-refractivity contribution < 1.29 is 24.6 Å². The number of carbonyl (C=O) groups excluding carboxylic acids is 3. The van der Waals surface area contributed by atoms with Crippen molar-refractivity contribution in [3.63, 3.8) is 0 Å². The maximum Gasteiger partial charge on any atom is 0.317 e. The summed E-state index contributed by atoms with van der Waals surface area (Å²) < 4.78 is 0. The van der Waals surface area contributed by atoms with Crippen LogP contribution in [0.1, 0.15) is 11.1 Å². The van der Waals surface area contributed by atoms with Crippen LogP contribution in [0.4, 0.5) is 4.79 Å². The summed E-state index contributed by atoms with van der Waals surface area (Å²) >= 11 is 0. The van der Waals surface area contributed by atoms with E-state index in [1.807, 2.05) is 24.3 Å². The molecule has 4 N–H and O–H groups in total. The quantitative estimate of drug-likeness (QED) is 0.485. The second kappa shape index (κ2) is 7.71. The molecule has 0 aromatic heterocycles. The molecule has 2 heterocycles. The number of benzene rings is 1. The van der Waals surface area contributed by atoms with E-state index in [2.05, 4.69) is 10.6 Å². The van der Waals surface area contributed by atoms with Crippen LogP contribution < -0.4 is 10.6 Å². The normalized spacial score (nSPS) is 18.3. The molecule has 2 atom stereocenters. The fourth-order valence-electron chi connectivity index (χ4n) is 3.10. The zero-order chi connectivity index (χ0) is 18.7. The number of aliphatic hydroxyl groups is 2. The molecular formula is C17H22N4O5. The van der Waals surface area contributed by atoms with Gasteiger partial charge in [-0.2, -0.15) is 0 Å². The number of aliphatic hydroxyl groups excluding tert-OH is 2. The summed E-state index contributed by atoms with van der Waals surface area (Å²) in [4.78, 5) is 38.6. The maximum atomic E-state index is 12.4. The van der Waals surface area contributed by atoms with Crippen LogP contribution in [0.2, 0.25) is 0 Å². The molecule has 0 bridgehead atoms. The van der Waals surface area contributed by atoms with Gasteiger partial charge in [-0.25, -0.2) is 4.79 Å². The number of carbonyl (C=O) groups is 3. The number of nitrogens with zero attached hydrogens (tertiary/aromatic N) is 2. The number of amides is 4. The van der Waals surface area contributed by atoms with Gasteiger partial charge < -0.3 is 30.6 Å². The number of hydrogen-bond acceptors (Lipinski definition) is 5. The molecule has 2 aliphatic heterocycles. The first-order chi connectivity index (χ1) is 12.5. The standard InChI is InChI=1S/C17H22N4O5/c22-13(15(24)18-5-7-20-8-6-19-17(20)26)14(23)16(25)21-9-11-3-1-2-4-12(11)10-21/h1-4,13-14,22-23H,5-10H2,(H,18,24)(H,19,26)/t13-,14-/m1/s1. The van der Waals surface area contributed by atoms with Gasteiger partial charge in [-0.1, -0.05) is 24.3 Å². The molecule has 1 aromatic carbocycles. The van der Waals surface area contributed by atoms with Gasteiger partial charge in [0.05, 0.1) is 0 Å². The Morgan fingerprint density at radius 3 is 2.38 bits per heavy atom. The Labute approximate surface area is 150 Å². The highest BCUT2D eigenvalue weighted by atomic mass is 16.3. The van der Waals surface area contributed by atoms with Gasteiger partial charge in [0.25, 0.3) is 11.8 Å². The third-order valence-corrected chi connectivity index (χ3v) is 4.60. The molecule has 0 saturated carbocycles. The van der Waals surface area contributed by atoms with E-state index in [0.29, 0.717) is 26.2 Å². The minimum Gasteiger partial charge on any atom is -0.380 e. The SMILES string of the molecule is O=C(NCCN1CCNC1=O)[C@H](O)[C@@H](O)C(=O)N1Cc2ccccc2C1. The van der Waals surface area contributed by atoms with Gasteiger partial charge in [0.2, 0.25) is 0 Å². The first kappa shape index (κ1) is 18.2. The van der Waals surface area contributed by atoms with E-state index in [9.17, 15) is 24.6 Å². The van der Waals surface area contributed by atoms with E-state index >= 15 is 0 Å². The third-order valence-electron chi connectivity index (χ3n) is 4.60. The van der Waals surface area contributed by atoms with E-state index in [1.54, 1.807) is 0 Å². The van der Waals surface area contributed by atoms with E-state index in [4.69, 9.17) is 0 Å². The topological polar surface area (TPSA) is 122 Å². The average Bonchev–Trinajstić information content (AvgIpc) is 3.25. The largest absolute Gasteiger partial charge is 0.380 e. The molecule has 4 amide bonds. The monoisotopic (exact) mass is 362 g/mol. The fraction of sp³-hybridized carbons (Fsp3) is 0.471. The Hall–Kier alpha value is -2.65. The van der Waals surface area contributed by atoms with Crippen LogP contribution in [0.5, 0.6) is 0 Å². The predicted molar refractivity (Wildman–Crippen MR) is 90.7 cm³/mol. The molecule has 3 rings (SSSR count). The van der Waals surface area contributed by atoms with Gasteiger partial charge >= 0.3 is 6.03 Å². The first-order valence-corrected chi connectivity index (χ1v) is 8.49. The third kappa shape index (κ3) is 3.78. The van der Waals surface area contributed by atoms with Crippen molar-refractivity contribution in [1.82, 2.24) is 20.4 Å². The Morgan fingerprint density at radius 1 is 1.15 bits per heavy atom. The average molecular weight is 362 g/mol. The first-order valence-electron chi connectivity index (χ1n) is 8.49. The molecule has 9 heteroatoms. The Morgan fingerprint density at radius 2 is 1.81 bits per heavy atom. The predicted octanol–water partition coefficient (Wildman–Crippen LogP) is -1.61. The minimum absolute atomic E-state index is 0.124. The van der Waals surface area contributed by atoms with Crippen molar-refractivity contribution in [2.45, 2.75) is 25.3 Å². The molecule has 1 fully saturated rings. The maximum absolute atomic E-state index is 12.4. The summed E-state index contributed by atoms with van der Waals surface area (Å²) in [5, 5.41) is 25.1. The number of hydrogen-bond donors (Lipinski definition) is 4. The molecule has 0 spiro atoms. The smallest absolute Gasteiger partial charge is 0.317 e. The van der Waals surface area contributed by atoms with Crippen LogP contribution in [-0.4, -0.2) is 76.2 Å². The molecule has 1 aromatic rings. The van der Waals surface area contributed by atoms with Crippen molar-refractivity contribution in [3.8, 4) is 0 Å². The zero-order valence-corrected chi connectivity index (χ0v) is 14.2. The molecule has 0 radical (unpaired) electrons. The van der Waals surface area contributed by atoms with Crippen LogP contribution in [0.25, 0.3) is 0 Å². The molecule has 2 aliphatic rings. The number of nitrogens with one attached hydrogen (secondary N) is 2. The number of urea groups is 1. The van der Waals surface area contributed by atoms with E-state index < -0.39 is 24.0 Å². The summed E-state index contributed by atoms with van der Waals surface area (Å²) in [5.74, 6) is -1.54. The van der Waals surface area contributed by atoms with Crippen molar-refractivity contribution in [2.75, 3.05) is 26.2 Å². The van der Waals surface area contributed by atoms with Crippen molar-refractivity contribution >= 4 is 17.8 Å². The molecule has 9 nitrogen and oxygen atoms in total. The Kier molecular flexibility index (Phi) is 5.38. The summed E-state index contributed by atoms with van der Waals surface area (Å²) in [6.45, 7) is 2.19. The Balaban J connectivity index is 1.47. The number of rotatable bonds is 6. The second-order valence-electron chi connectivity index (χ2n) is 6.36. The van der Waals surface area contributed by atoms with Gasteiger partial charge in [-0.15, -0.1) is 0 Å². The van der Waals surface area contributed by atoms with Crippen LogP contribution in [-0.2, 0) is 22.7 Å². The number of fused-ring (bicyclic) bond motifs is 1. The van der Waals surface area contributed by atoms with E-state index in [-0.39, 0.29) is 19.1 Å². The highest BCUT2D eigenvalue weighted by Crippen LogP contribution is 2.23. The lowest BCUT2D eigenvalue weighted by molar-refractivity contribution is -0.153. The van der Waals surface area contributed by atoms with Crippen LogP contribution in [0.15, 0.2) is 24.3 Å². The van der Waals surface area contributed by atoms with Crippen molar-refractivity contribution in [3.05, 3.63) is 35.4 Å². The van der Waals surface area contributed by atoms with Gasteiger partial charge in [0, 0.05) is 39.3 Å². The lowest BCUT2D eigenvalue weighted by atomic mass is 10.1. The van der Waals surface area contributed by atoms with Crippen molar-refractivity contribution in [2.24, 2.45) is 0 Å². The molecule has 0 aliphatic carbocycles. The summed E-state index contributed by atoms with van der Waals surface area (Å²) in [7, 11) is 0. The zero-order valence-electron chi connectivity index (χ0n) is 14.2. The fourth-order valence-corrected chi connectivity index (χ4v) is 3.10. The second-order valence-corrected chi connectivity index (χ2v) is 6.36. The van der Waals surface area contributed by atoms with Crippen molar-refractivity contribution in [1.29, 1.82) is 0 Å². The highest BCUT2D eigenvalue weighted by Gasteiger charge is 2.35. The molecule has 0 unspecified atom stereocenters. The molecule has 1 saturated heterocycles. The van der Waals surface area contributed by atoms with E-state index in [1.165, 1.54) is 9.80 Å². The molecule has 140 valence electrons. The summed E-state index contributed by atoms with van der Waals surface area (Å²) in [6, 6.07) is 7.32. The molecular weight excluding hydrogens is 340 g/mol.